The number of benzene rings is 1. The second kappa shape index (κ2) is 15.7. The van der Waals surface area contributed by atoms with E-state index in [1.165, 1.54) is 12.4 Å². The molecule has 8 nitrogen and oxygen atoms in total. The molecule has 46 heavy (non-hydrogen) atoms. The molecule has 0 aliphatic carbocycles. The smallest absolute Gasteiger partial charge is 0.275 e. The van der Waals surface area contributed by atoms with Gasteiger partial charge in [-0.2, -0.15) is 0 Å². The minimum Gasteiger partial charge on any atom is -0.364 e. The first kappa shape index (κ1) is 34.2. The predicted octanol–water partition coefficient (Wildman–Crippen LogP) is 7.08. The molecule has 4 heterocycles. The summed E-state index contributed by atoms with van der Waals surface area (Å²) in [5.41, 5.74) is 7.93. The number of anilines is 2. The lowest BCUT2D eigenvalue weighted by Gasteiger charge is -2.38. The van der Waals surface area contributed by atoms with Gasteiger partial charge in [0.1, 0.15) is 23.5 Å². The normalized spacial score (nSPS) is 22.5. The Morgan fingerprint density at radius 1 is 0.978 bits per heavy atom. The Morgan fingerprint density at radius 3 is 2.46 bits per heavy atom. The summed E-state index contributed by atoms with van der Waals surface area (Å²) in [6.07, 6.45) is 9.72. The third-order valence-corrected chi connectivity index (χ3v) is 10.1. The molecular formula is C36H53F2N7O. The third-order valence-electron chi connectivity index (χ3n) is 10.1. The summed E-state index contributed by atoms with van der Waals surface area (Å²) >= 11 is 0. The number of aryl methyl sites for hydroxylation is 1. The van der Waals surface area contributed by atoms with Crippen LogP contribution in [0.15, 0.2) is 41.5 Å². The Balaban J connectivity index is 1.50. The van der Waals surface area contributed by atoms with E-state index in [4.69, 9.17) is 5.73 Å². The van der Waals surface area contributed by atoms with Gasteiger partial charge in [0.05, 0.1) is 5.39 Å². The molecule has 10 heteroatoms. The zero-order chi connectivity index (χ0) is 32.7. The molecule has 0 spiro atoms. The molecule has 1 aromatic carbocycles. The number of nitrogens with one attached hydrogen (secondary N) is 1. The fraction of sp³-hybridized carbons (Fsp3) is 0.639. The standard InChI is InChI=1S/C36H53F2N7O/c1-26(2)43-19-21-44(22-20-43)32-24-31-33-40-25-41-34(31)45(35(32)46)18-9-7-5-4-6-8-11-28(15-17-39)14-16-36(37,38)30-13-10-12-29(23-30)27(3)42-33/h10,12-13,23-28H,4-9,11,14-22,39H2,1-3H3,(H,40,41,42)/t27-,28?/m1/s1. The molecule has 0 radical (unpaired) electrons. The van der Waals surface area contributed by atoms with Crippen LogP contribution >= 0.6 is 0 Å². The van der Waals surface area contributed by atoms with Crippen molar-refractivity contribution in [1.29, 1.82) is 0 Å². The van der Waals surface area contributed by atoms with Gasteiger partial charge in [-0.1, -0.05) is 56.7 Å². The number of fused-ring (bicyclic) bond motifs is 2. The molecule has 2 aliphatic heterocycles. The summed E-state index contributed by atoms with van der Waals surface area (Å²) in [7, 11) is 0. The molecule has 5 rings (SSSR count). The van der Waals surface area contributed by atoms with Crippen molar-refractivity contribution < 1.29 is 8.78 Å². The van der Waals surface area contributed by atoms with E-state index in [0.29, 0.717) is 42.7 Å². The monoisotopic (exact) mass is 637 g/mol. The van der Waals surface area contributed by atoms with Crippen molar-refractivity contribution >= 4 is 22.5 Å². The molecule has 0 saturated carbocycles. The van der Waals surface area contributed by atoms with Gasteiger partial charge in [0.15, 0.2) is 0 Å². The summed E-state index contributed by atoms with van der Waals surface area (Å²) in [6, 6.07) is 8.85. The number of hydrogen-bond donors (Lipinski definition) is 2. The number of alkyl halides is 2. The predicted molar refractivity (Wildman–Crippen MR) is 184 cm³/mol. The van der Waals surface area contributed by atoms with Gasteiger partial charge < -0.3 is 16.0 Å². The van der Waals surface area contributed by atoms with Crippen LogP contribution in [-0.2, 0) is 12.5 Å². The number of nitrogens with zero attached hydrogens (tertiary/aromatic N) is 5. The SMILES string of the molecule is CC(C)N1CCN(c2cc3c4ncnc3n(c2=O)CCCCCCCCC(CCN)CCC(F)(F)c2cccc(c2)[C@@H](C)N4)CC1. The van der Waals surface area contributed by atoms with Crippen LogP contribution in [0.5, 0.6) is 0 Å². The number of nitrogens with two attached hydrogens (primary N) is 1. The summed E-state index contributed by atoms with van der Waals surface area (Å²) in [6.45, 7) is 10.8. The van der Waals surface area contributed by atoms with Crippen molar-refractivity contribution in [3.8, 4) is 0 Å². The van der Waals surface area contributed by atoms with Crippen LogP contribution in [0.2, 0.25) is 0 Å². The molecule has 6 bridgehead atoms. The van der Waals surface area contributed by atoms with Crippen LogP contribution in [0.25, 0.3) is 11.0 Å². The van der Waals surface area contributed by atoms with Crippen molar-refractivity contribution in [3.63, 3.8) is 0 Å². The van der Waals surface area contributed by atoms with Crippen molar-refractivity contribution in [2.24, 2.45) is 11.7 Å². The topological polar surface area (TPSA) is 92.3 Å². The minimum absolute atomic E-state index is 0.0116. The lowest BCUT2D eigenvalue weighted by molar-refractivity contribution is -0.0199. The maximum Gasteiger partial charge on any atom is 0.275 e. The van der Waals surface area contributed by atoms with Gasteiger partial charge >= 0.3 is 0 Å². The van der Waals surface area contributed by atoms with E-state index < -0.39 is 5.92 Å². The zero-order valence-electron chi connectivity index (χ0n) is 28.0. The summed E-state index contributed by atoms with van der Waals surface area (Å²) in [4.78, 5) is 27.9. The van der Waals surface area contributed by atoms with Crippen LogP contribution in [-0.4, -0.2) is 58.2 Å². The molecule has 3 aromatic rings. The van der Waals surface area contributed by atoms with Gasteiger partial charge in [0.25, 0.3) is 11.5 Å². The van der Waals surface area contributed by atoms with Crippen molar-refractivity contribution in [2.75, 3.05) is 42.9 Å². The van der Waals surface area contributed by atoms with E-state index in [1.54, 1.807) is 12.1 Å². The first-order valence-electron chi connectivity index (χ1n) is 17.5. The average molecular weight is 638 g/mol. The molecule has 2 aromatic heterocycles. The molecule has 2 aliphatic rings. The molecular weight excluding hydrogens is 584 g/mol. The lowest BCUT2D eigenvalue weighted by Crippen LogP contribution is -2.50. The molecule has 1 unspecified atom stereocenters. The van der Waals surface area contributed by atoms with Gasteiger partial charge in [-0.25, -0.2) is 18.7 Å². The lowest BCUT2D eigenvalue weighted by atomic mass is 9.89. The van der Waals surface area contributed by atoms with Crippen molar-refractivity contribution in [1.82, 2.24) is 19.4 Å². The second-order valence-electron chi connectivity index (χ2n) is 13.7. The number of pyridine rings is 1. The van der Waals surface area contributed by atoms with E-state index in [1.807, 2.05) is 23.6 Å². The van der Waals surface area contributed by atoms with Gasteiger partial charge in [-0.3, -0.25) is 14.3 Å². The van der Waals surface area contributed by atoms with Crippen LogP contribution in [0.1, 0.15) is 102 Å². The van der Waals surface area contributed by atoms with Crippen molar-refractivity contribution in [2.45, 2.75) is 110 Å². The van der Waals surface area contributed by atoms with E-state index in [9.17, 15) is 4.79 Å². The quantitative estimate of drug-likeness (QED) is 0.316. The summed E-state index contributed by atoms with van der Waals surface area (Å²) < 4.78 is 33.0. The third kappa shape index (κ3) is 8.23. The highest BCUT2D eigenvalue weighted by Crippen LogP contribution is 2.37. The van der Waals surface area contributed by atoms with Crippen LogP contribution < -0.4 is 21.5 Å². The number of piperazine rings is 1. The Bertz CT molecular complexity index is 1480. The Morgan fingerprint density at radius 2 is 1.72 bits per heavy atom. The molecule has 252 valence electrons. The fourth-order valence-electron chi connectivity index (χ4n) is 7.13. The number of aromatic nitrogens is 3. The molecule has 1 saturated heterocycles. The van der Waals surface area contributed by atoms with Crippen LogP contribution in [0.3, 0.4) is 0 Å². The van der Waals surface area contributed by atoms with Gasteiger partial charge in [-0.15, -0.1) is 0 Å². The molecule has 1 fully saturated rings. The highest BCUT2D eigenvalue weighted by molar-refractivity contribution is 5.89. The van der Waals surface area contributed by atoms with E-state index in [2.05, 4.69) is 38.9 Å². The van der Waals surface area contributed by atoms with Gasteiger partial charge in [0, 0.05) is 56.8 Å². The number of rotatable bonds is 4. The Kier molecular flexibility index (Phi) is 11.6. The number of hydrogen-bond acceptors (Lipinski definition) is 7. The van der Waals surface area contributed by atoms with Crippen molar-refractivity contribution in [3.05, 3.63) is 58.1 Å². The highest BCUT2D eigenvalue weighted by atomic mass is 19.3. The first-order chi connectivity index (χ1) is 22.2. The maximum atomic E-state index is 15.6. The number of halogens is 2. The van der Waals surface area contributed by atoms with E-state index >= 15 is 8.78 Å². The van der Waals surface area contributed by atoms with Crippen LogP contribution in [0, 0.1) is 5.92 Å². The van der Waals surface area contributed by atoms with E-state index in [0.717, 1.165) is 88.5 Å². The molecule has 2 atom stereocenters. The van der Waals surface area contributed by atoms with Gasteiger partial charge in [0.2, 0.25) is 0 Å². The Hall–Kier alpha value is -3.11. The first-order valence-corrected chi connectivity index (χ1v) is 17.5. The zero-order valence-corrected chi connectivity index (χ0v) is 28.0. The van der Waals surface area contributed by atoms with Crippen LogP contribution in [0.4, 0.5) is 20.3 Å². The largest absolute Gasteiger partial charge is 0.364 e. The maximum absolute atomic E-state index is 15.6. The summed E-state index contributed by atoms with van der Waals surface area (Å²) in [5.74, 6) is -2.11. The molecule has 3 N–H and O–H groups in total. The summed E-state index contributed by atoms with van der Waals surface area (Å²) in [5, 5.41) is 4.26. The van der Waals surface area contributed by atoms with Gasteiger partial charge in [-0.05, 0) is 70.2 Å². The fourth-order valence-corrected chi connectivity index (χ4v) is 7.13. The second-order valence-corrected chi connectivity index (χ2v) is 13.7. The highest BCUT2D eigenvalue weighted by Gasteiger charge is 2.32. The Labute approximate surface area is 272 Å². The van der Waals surface area contributed by atoms with E-state index in [-0.39, 0.29) is 29.5 Å². The molecule has 0 amide bonds. The average Bonchev–Trinajstić information content (AvgIpc) is 3.05. The minimum atomic E-state index is -2.92.